The Morgan fingerprint density at radius 3 is 1.82 bits per heavy atom. The molecule has 1 aromatic carbocycles. The third-order valence-electron chi connectivity index (χ3n) is 4.79. The van der Waals surface area contributed by atoms with Gasteiger partial charge in [0.25, 0.3) is 0 Å². The Bertz CT molecular complexity index is 637. The van der Waals surface area contributed by atoms with E-state index in [0.717, 1.165) is 5.69 Å². The number of aromatic hydroxyl groups is 1. The number of aliphatic hydroxyl groups is 1. The summed E-state index contributed by atoms with van der Waals surface area (Å²) in [4.78, 5) is 23.0. The number of para-hydroxylation sites is 2. The van der Waals surface area contributed by atoms with Crippen LogP contribution in [0, 0.1) is 0 Å². The van der Waals surface area contributed by atoms with Crippen molar-refractivity contribution < 1.29 is 29.3 Å². The number of carbonyl (C=O) groups excluding carboxylic acids is 2. The van der Waals surface area contributed by atoms with E-state index in [9.17, 15) is 19.8 Å². The summed E-state index contributed by atoms with van der Waals surface area (Å²) in [5.41, 5.74) is 0.486. The molecule has 2 N–H and O–H groups in total. The van der Waals surface area contributed by atoms with Crippen molar-refractivity contribution in [3.8, 4) is 5.75 Å². The standard InChI is InChI=1S/C15H23NO2.C6H10O4/c1-14(2)9-11(17)10-15(3,4)16(14)12-7-5-6-8-13(12)18;1-9-5(7)3-4-6(8)10-2/h5-8,11,17-18H,9-10H2,1-4H3;3-4H2,1-2H3. The quantitative estimate of drug-likeness (QED) is 0.757. The Morgan fingerprint density at radius 2 is 1.43 bits per heavy atom. The van der Waals surface area contributed by atoms with Crippen LogP contribution in [0.25, 0.3) is 0 Å². The Morgan fingerprint density at radius 1 is 1.00 bits per heavy atom. The average Bonchev–Trinajstić information content (AvgIpc) is 2.59. The highest BCUT2D eigenvalue weighted by molar-refractivity contribution is 5.77. The number of hydrogen-bond acceptors (Lipinski definition) is 7. The number of hydrogen-bond donors (Lipinski definition) is 2. The molecule has 1 aliphatic heterocycles. The molecule has 0 bridgehead atoms. The van der Waals surface area contributed by atoms with Crippen molar-refractivity contribution in [2.24, 2.45) is 0 Å². The number of methoxy groups -OCH3 is 2. The van der Waals surface area contributed by atoms with Crippen LogP contribution in [0.3, 0.4) is 0 Å². The number of benzene rings is 1. The highest BCUT2D eigenvalue weighted by Crippen LogP contribution is 2.44. The summed E-state index contributed by atoms with van der Waals surface area (Å²) in [6, 6.07) is 7.42. The summed E-state index contributed by atoms with van der Waals surface area (Å²) >= 11 is 0. The van der Waals surface area contributed by atoms with Gasteiger partial charge in [-0.05, 0) is 52.7 Å². The maximum absolute atomic E-state index is 10.4. The Labute approximate surface area is 167 Å². The predicted octanol–water partition coefficient (Wildman–Crippen LogP) is 3.02. The zero-order valence-corrected chi connectivity index (χ0v) is 17.7. The van der Waals surface area contributed by atoms with Crippen molar-refractivity contribution in [1.29, 1.82) is 0 Å². The molecule has 1 aliphatic rings. The molecule has 0 spiro atoms. The van der Waals surface area contributed by atoms with Crippen molar-refractivity contribution >= 4 is 17.6 Å². The minimum Gasteiger partial charge on any atom is -0.506 e. The number of phenolic OH excluding ortho intramolecular Hbond substituents is 1. The number of aliphatic hydroxyl groups excluding tert-OH is 1. The van der Waals surface area contributed by atoms with Gasteiger partial charge in [0.1, 0.15) is 5.75 Å². The molecule has 0 radical (unpaired) electrons. The van der Waals surface area contributed by atoms with E-state index < -0.39 is 11.9 Å². The average molecular weight is 395 g/mol. The van der Waals surface area contributed by atoms with Crippen LogP contribution < -0.4 is 4.90 Å². The first-order valence-corrected chi connectivity index (χ1v) is 9.34. The molecular weight excluding hydrogens is 362 g/mol. The molecule has 2 rings (SSSR count). The van der Waals surface area contributed by atoms with Crippen LogP contribution in [-0.4, -0.2) is 53.6 Å². The zero-order valence-electron chi connectivity index (χ0n) is 17.7. The minimum absolute atomic E-state index is 0.0865. The number of piperidine rings is 1. The van der Waals surface area contributed by atoms with Gasteiger partial charge in [-0.3, -0.25) is 9.59 Å². The number of phenols is 1. The molecule has 0 amide bonds. The zero-order chi connectivity index (χ0) is 21.5. The lowest BCUT2D eigenvalue weighted by Gasteiger charge is -2.55. The van der Waals surface area contributed by atoms with E-state index in [2.05, 4.69) is 42.1 Å². The fourth-order valence-electron chi connectivity index (χ4n) is 3.94. The molecule has 1 fully saturated rings. The van der Waals surface area contributed by atoms with Gasteiger partial charge in [-0.1, -0.05) is 12.1 Å². The van der Waals surface area contributed by atoms with Crippen molar-refractivity contribution in [3.63, 3.8) is 0 Å². The van der Waals surface area contributed by atoms with Gasteiger partial charge in [-0.15, -0.1) is 0 Å². The lowest BCUT2D eigenvalue weighted by atomic mass is 9.77. The van der Waals surface area contributed by atoms with Crippen LogP contribution in [-0.2, 0) is 19.1 Å². The van der Waals surface area contributed by atoms with Gasteiger partial charge in [-0.2, -0.15) is 0 Å². The first-order valence-electron chi connectivity index (χ1n) is 9.34. The lowest BCUT2D eigenvalue weighted by Crippen LogP contribution is -2.62. The lowest BCUT2D eigenvalue weighted by molar-refractivity contribution is -0.147. The Hall–Kier alpha value is -2.28. The van der Waals surface area contributed by atoms with Gasteiger partial charge < -0.3 is 24.6 Å². The number of rotatable bonds is 4. The summed E-state index contributed by atoms with van der Waals surface area (Å²) in [5, 5.41) is 20.1. The molecule has 0 aliphatic carbocycles. The third-order valence-corrected chi connectivity index (χ3v) is 4.79. The van der Waals surface area contributed by atoms with Gasteiger partial charge in [-0.25, -0.2) is 0 Å². The van der Waals surface area contributed by atoms with Crippen molar-refractivity contribution in [1.82, 2.24) is 0 Å². The van der Waals surface area contributed by atoms with E-state index in [1.165, 1.54) is 14.2 Å². The van der Waals surface area contributed by atoms with Gasteiger partial charge in [0.2, 0.25) is 0 Å². The smallest absolute Gasteiger partial charge is 0.306 e. The van der Waals surface area contributed by atoms with E-state index >= 15 is 0 Å². The fraction of sp³-hybridized carbons (Fsp3) is 0.619. The maximum Gasteiger partial charge on any atom is 0.306 e. The highest BCUT2D eigenvalue weighted by atomic mass is 16.5. The van der Waals surface area contributed by atoms with E-state index in [-0.39, 0.29) is 30.0 Å². The van der Waals surface area contributed by atoms with E-state index in [4.69, 9.17) is 0 Å². The number of esters is 2. The van der Waals surface area contributed by atoms with E-state index in [1.807, 2.05) is 18.2 Å². The molecule has 1 saturated heterocycles. The van der Waals surface area contributed by atoms with Crippen molar-refractivity contribution in [2.45, 2.75) is 70.6 Å². The van der Waals surface area contributed by atoms with Crippen LogP contribution in [0.1, 0.15) is 53.4 Å². The molecule has 0 saturated carbocycles. The molecular formula is C21H33NO6. The van der Waals surface area contributed by atoms with Crippen LogP contribution in [0.2, 0.25) is 0 Å². The first-order chi connectivity index (χ1) is 12.9. The van der Waals surface area contributed by atoms with Gasteiger partial charge >= 0.3 is 11.9 Å². The number of carbonyl (C=O) groups is 2. The number of nitrogens with zero attached hydrogens (tertiary/aromatic N) is 1. The van der Waals surface area contributed by atoms with Gasteiger partial charge in [0.05, 0.1) is 38.9 Å². The van der Waals surface area contributed by atoms with Crippen LogP contribution >= 0.6 is 0 Å². The summed E-state index contributed by atoms with van der Waals surface area (Å²) in [6.45, 7) is 8.46. The van der Waals surface area contributed by atoms with Crippen LogP contribution in [0.4, 0.5) is 5.69 Å². The van der Waals surface area contributed by atoms with E-state index in [0.29, 0.717) is 18.6 Å². The first kappa shape index (κ1) is 23.8. The largest absolute Gasteiger partial charge is 0.506 e. The second-order valence-electron chi connectivity index (χ2n) is 8.16. The summed E-state index contributed by atoms with van der Waals surface area (Å²) in [7, 11) is 2.55. The molecule has 7 heteroatoms. The van der Waals surface area contributed by atoms with E-state index in [1.54, 1.807) is 6.07 Å². The molecule has 0 unspecified atom stereocenters. The number of anilines is 1. The SMILES string of the molecule is CC1(C)CC(O)CC(C)(C)N1c1ccccc1O.COC(=O)CCC(=O)OC. The second kappa shape index (κ2) is 9.78. The predicted molar refractivity (Wildman–Crippen MR) is 107 cm³/mol. The number of ether oxygens (including phenoxy) is 2. The van der Waals surface area contributed by atoms with Gasteiger partial charge in [0.15, 0.2) is 0 Å². The van der Waals surface area contributed by atoms with Crippen LogP contribution in [0.5, 0.6) is 5.75 Å². The third kappa shape index (κ3) is 6.41. The normalized spacial score (nSPS) is 17.9. The molecule has 0 aromatic heterocycles. The Kier molecular flexibility index (Phi) is 8.29. The molecule has 1 aromatic rings. The molecule has 158 valence electrons. The maximum atomic E-state index is 10.4. The summed E-state index contributed by atoms with van der Waals surface area (Å²) in [5.74, 6) is -0.495. The summed E-state index contributed by atoms with van der Waals surface area (Å²) < 4.78 is 8.60. The second-order valence-corrected chi connectivity index (χ2v) is 8.16. The molecule has 28 heavy (non-hydrogen) atoms. The molecule has 7 nitrogen and oxygen atoms in total. The minimum atomic E-state index is -0.398. The van der Waals surface area contributed by atoms with Crippen molar-refractivity contribution in [2.75, 3.05) is 19.1 Å². The van der Waals surface area contributed by atoms with Crippen molar-refractivity contribution in [3.05, 3.63) is 24.3 Å². The Balaban J connectivity index is 0.000000336. The fourth-order valence-corrected chi connectivity index (χ4v) is 3.94. The topological polar surface area (TPSA) is 96.3 Å². The van der Waals surface area contributed by atoms with Gasteiger partial charge in [0, 0.05) is 11.1 Å². The highest BCUT2D eigenvalue weighted by Gasteiger charge is 2.45. The summed E-state index contributed by atoms with van der Waals surface area (Å²) in [6.07, 6.45) is 1.32. The molecule has 0 atom stereocenters. The molecule has 1 heterocycles. The monoisotopic (exact) mass is 395 g/mol. The van der Waals surface area contributed by atoms with Crippen LogP contribution in [0.15, 0.2) is 24.3 Å².